The maximum Gasteiger partial charge on any atom is 0.269 e. The Balaban J connectivity index is 1.71. The van der Waals surface area contributed by atoms with Gasteiger partial charge in [0.25, 0.3) is 11.8 Å². The summed E-state index contributed by atoms with van der Waals surface area (Å²) in [5.41, 5.74) is 5.62. The number of amides is 2. The summed E-state index contributed by atoms with van der Waals surface area (Å²) in [7, 11) is 4.33. The van der Waals surface area contributed by atoms with Crippen LogP contribution in [0.2, 0.25) is 5.02 Å². The Kier molecular flexibility index (Phi) is 7.33. The number of nitrogens with one attached hydrogen (secondary N) is 3. The fourth-order valence-electron chi connectivity index (χ4n) is 2.88. The molecule has 0 aliphatic heterocycles. The number of hydrogen-bond acceptors (Lipinski definition) is 7. The molecule has 10 nitrogen and oxygen atoms in total. The van der Waals surface area contributed by atoms with Crippen LogP contribution < -0.4 is 25.1 Å². The summed E-state index contributed by atoms with van der Waals surface area (Å²) in [5.74, 6) is 0.323. The molecule has 2 amide bonds. The molecule has 0 saturated carbocycles. The Hall–Kier alpha value is -3.57. The van der Waals surface area contributed by atoms with Gasteiger partial charge in [0.05, 0.1) is 21.3 Å². The van der Waals surface area contributed by atoms with Gasteiger partial charge in [-0.3, -0.25) is 30.1 Å². The molecule has 0 bridgehead atoms. The Labute approximate surface area is 193 Å². The monoisotopic (exact) mass is 477 g/mol. The Morgan fingerprint density at radius 2 is 1.69 bits per heavy atom. The largest absolute Gasteiger partial charge is 0.493 e. The van der Waals surface area contributed by atoms with Crippen LogP contribution >= 0.6 is 23.8 Å². The number of aromatic amines is 1. The maximum atomic E-state index is 12.5. The predicted molar refractivity (Wildman–Crippen MR) is 120 cm³/mol. The molecule has 0 fully saturated rings. The van der Waals surface area contributed by atoms with Gasteiger partial charge in [-0.2, -0.15) is 5.10 Å². The highest BCUT2D eigenvalue weighted by molar-refractivity contribution is 7.71. The Morgan fingerprint density at radius 3 is 2.25 bits per heavy atom. The number of benzene rings is 2. The van der Waals surface area contributed by atoms with Gasteiger partial charge in [-0.05, 0) is 48.6 Å². The quantitative estimate of drug-likeness (QED) is 0.353. The average molecular weight is 478 g/mol. The summed E-state index contributed by atoms with van der Waals surface area (Å²) in [6, 6.07) is 9.86. The molecule has 168 valence electrons. The molecule has 0 radical (unpaired) electrons. The number of rotatable bonds is 7. The van der Waals surface area contributed by atoms with Crippen molar-refractivity contribution in [3.05, 3.63) is 51.8 Å². The van der Waals surface area contributed by atoms with Crippen LogP contribution in [0.3, 0.4) is 0 Å². The fraction of sp³-hybridized carbons (Fsp3) is 0.200. The van der Waals surface area contributed by atoms with Crippen molar-refractivity contribution in [1.82, 2.24) is 25.6 Å². The van der Waals surface area contributed by atoms with E-state index in [1.807, 2.05) is 0 Å². The Morgan fingerprint density at radius 1 is 1.06 bits per heavy atom. The van der Waals surface area contributed by atoms with Gasteiger partial charge in [0.2, 0.25) is 5.75 Å². The van der Waals surface area contributed by atoms with Crippen LogP contribution in [0.4, 0.5) is 0 Å². The summed E-state index contributed by atoms with van der Waals surface area (Å²) in [4.78, 5) is 25.0. The lowest BCUT2D eigenvalue weighted by atomic mass is 10.1. The highest BCUT2D eigenvalue weighted by Gasteiger charge is 2.18. The number of carbonyl (C=O) groups is 2. The van der Waals surface area contributed by atoms with Crippen molar-refractivity contribution in [2.24, 2.45) is 0 Å². The second kappa shape index (κ2) is 10.2. The number of methoxy groups -OCH3 is 3. The average Bonchev–Trinajstić information content (AvgIpc) is 3.16. The molecule has 3 N–H and O–H groups in total. The van der Waals surface area contributed by atoms with Crippen molar-refractivity contribution >= 4 is 35.6 Å². The molecule has 0 saturated heterocycles. The first kappa shape index (κ1) is 23.1. The van der Waals surface area contributed by atoms with E-state index in [4.69, 9.17) is 38.0 Å². The van der Waals surface area contributed by atoms with E-state index in [-0.39, 0.29) is 16.9 Å². The topological polar surface area (TPSA) is 120 Å². The van der Waals surface area contributed by atoms with Crippen LogP contribution in [0.25, 0.3) is 11.4 Å². The fourth-order valence-corrected chi connectivity index (χ4v) is 3.20. The summed E-state index contributed by atoms with van der Waals surface area (Å²) in [6.07, 6.45) is 0. The second-order valence-corrected chi connectivity index (χ2v) is 7.18. The molecular weight excluding hydrogens is 458 g/mol. The van der Waals surface area contributed by atoms with Crippen molar-refractivity contribution in [2.45, 2.75) is 6.54 Å². The highest BCUT2D eigenvalue weighted by atomic mass is 35.5. The number of carbonyl (C=O) groups excluding carboxylic acids is 2. The van der Waals surface area contributed by atoms with Crippen LogP contribution in [0.5, 0.6) is 17.2 Å². The lowest BCUT2D eigenvalue weighted by Gasteiger charge is -2.14. The van der Waals surface area contributed by atoms with Crippen molar-refractivity contribution in [3.63, 3.8) is 0 Å². The van der Waals surface area contributed by atoms with Crippen molar-refractivity contribution in [3.8, 4) is 28.6 Å². The minimum Gasteiger partial charge on any atom is -0.493 e. The zero-order chi connectivity index (χ0) is 23.3. The summed E-state index contributed by atoms with van der Waals surface area (Å²) in [5, 5.41) is 7.39. The van der Waals surface area contributed by atoms with Gasteiger partial charge in [0.1, 0.15) is 6.54 Å². The van der Waals surface area contributed by atoms with E-state index in [1.54, 1.807) is 24.3 Å². The number of ether oxygens (including phenoxy) is 3. The molecule has 2 aromatic carbocycles. The first-order valence-corrected chi connectivity index (χ1v) is 9.96. The van der Waals surface area contributed by atoms with Crippen LogP contribution in [0.15, 0.2) is 36.4 Å². The van der Waals surface area contributed by atoms with Crippen LogP contribution in [-0.4, -0.2) is 47.9 Å². The normalized spacial score (nSPS) is 10.4. The van der Waals surface area contributed by atoms with Crippen molar-refractivity contribution in [2.75, 3.05) is 21.3 Å². The Bertz CT molecular complexity index is 1170. The van der Waals surface area contributed by atoms with E-state index < -0.39 is 11.8 Å². The first-order valence-electron chi connectivity index (χ1n) is 9.18. The third-order valence-electron chi connectivity index (χ3n) is 4.40. The molecule has 3 aromatic rings. The van der Waals surface area contributed by atoms with Crippen LogP contribution in [0, 0.1) is 4.77 Å². The molecule has 3 rings (SSSR count). The zero-order valence-corrected chi connectivity index (χ0v) is 19.0. The van der Waals surface area contributed by atoms with Gasteiger partial charge >= 0.3 is 0 Å². The number of hydrazine groups is 1. The van der Waals surface area contributed by atoms with E-state index in [1.165, 1.54) is 38.0 Å². The van der Waals surface area contributed by atoms with E-state index in [0.717, 1.165) is 5.56 Å². The van der Waals surface area contributed by atoms with E-state index in [9.17, 15) is 9.59 Å². The predicted octanol–water partition coefficient (Wildman–Crippen LogP) is 2.75. The zero-order valence-electron chi connectivity index (χ0n) is 17.4. The van der Waals surface area contributed by atoms with Crippen LogP contribution in [0.1, 0.15) is 10.4 Å². The van der Waals surface area contributed by atoms with Gasteiger partial charge in [0.15, 0.2) is 22.1 Å². The standard InChI is InChI=1S/C20H20ClN5O5S/c1-29-14-8-12(9-15(30-2)17(14)31-3)19(28)24-22-16(27)10-26-18(23-25-20(26)32)11-4-6-13(21)7-5-11/h4-9H,10H2,1-3H3,(H,22,27)(H,24,28)(H,25,32). The van der Waals surface area contributed by atoms with E-state index in [2.05, 4.69) is 21.0 Å². The van der Waals surface area contributed by atoms with Gasteiger partial charge in [0, 0.05) is 16.1 Å². The lowest BCUT2D eigenvalue weighted by Crippen LogP contribution is -2.43. The number of hydrogen-bond donors (Lipinski definition) is 3. The van der Waals surface area contributed by atoms with E-state index in [0.29, 0.717) is 28.1 Å². The van der Waals surface area contributed by atoms with Crippen molar-refractivity contribution in [1.29, 1.82) is 0 Å². The number of halogens is 1. The summed E-state index contributed by atoms with van der Waals surface area (Å²) < 4.78 is 17.5. The molecule has 12 heteroatoms. The number of aromatic nitrogens is 3. The molecule has 0 atom stereocenters. The van der Waals surface area contributed by atoms with E-state index >= 15 is 0 Å². The third kappa shape index (κ3) is 5.01. The molecule has 32 heavy (non-hydrogen) atoms. The minimum atomic E-state index is -0.577. The first-order chi connectivity index (χ1) is 15.4. The molecule has 0 unspecified atom stereocenters. The summed E-state index contributed by atoms with van der Waals surface area (Å²) in [6.45, 7) is -0.178. The van der Waals surface area contributed by atoms with Crippen molar-refractivity contribution < 1.29 is 23.8 Å². The number of nitrogens with zero attached hydrogens (tertiary/aromatic N) is 2. The molecule has 0 spiro atoms. The SMILES string of the molecule is COc1cc(C(=O)NNC(=O)Cn2c(-c3ccc(Cl)cc3)n[nH]c2=S)cc(OC)c1OC. The third-order valence-corrected chi connectivity index (χ3v) is 4.97. The summed E-state index contributed by atoms with van der Waals surface area (Å²) >= 11 is 11.1. The van der Waals surface area contributed by atoms with Gasteiger partial charge in [-0.1, -0.05) is 11.6 Å². The smallest absolute Gasteiger partial charge is 0.269 e. The van der Waals surface area contributed by atoms with Gasteiger partial charge < -0.3 is 14.2 Å². The lowest BCUT2D eigenvalue weighted by molar-refractivity contribution is -0.122. The molecule has 0 aliphatic rings. The van der Waals surface area contributed by atoms with Gasteiger partial charge in [-0.25, -0.2) is 0 Å². The molecule has 1 heterocycles. The minimum absolute atomic E-state index is 0.178. The highest BCUT2D eigenvalue weighted by Crippen LogP contribution is 2.38. The van der Waals surface area contributed by atoms with Gasteiger partial charge in [-0.15, -0.1) is 0 Å². The number of H-pyrrole nitrogens is 1. The molecule has 1 aromatic heterocycles. The maximum absolute atomic E-state index is 12.5. The van der Waals surface area contributed by atoms with Crippen LogP contribution in [-0.2, 0) is 11.3 Å². The molecular formula is C20H20ClN5O5S. The second-order valence-electron chi connectivity index (χ2n) is 6.36. The molecule has 0 aliphatic carbocycles.